The lowest BCUT2D eigenvalue weighted by Gasteiger charge is -2.03. The zero-order valence-corrected chi connectivity index (χ0v) is 6.03. The van der Waals surface area contributed by atoms with Gasteiger partial charge in [-0.1, -0.05) is 0 Å². The highest BCUT2D eigenvalue weighted by molar-refractivity contribution is 5.80. The molecule has 0 aliphatic carbocycles. The van der Waals surface area contributed by atoms with E-state index in [9.17, 15) is 4.79 Å². The van der Waals surface area contributed by atoms with Gasteiger partial charge in [-0.2, -0.15) is 0 Å². The number of nitrogens with one attached hydrogen (secondary N) is 1. The number of hydrogen-bond donors (Lipinski definition) is 2. The summed E-state index contributed by atoms with van der Waals surface area (Å²) in [5, 5.41) is 7.19. The second-order valence-corrected chi connectivity index (χ2v) is 2.10. The van der Waals surface area contributed by atoms with Gasteiger partial charge in [0.1, 0.15) is 5.82 Å². The number of anilines is 1. The van der Waals surface area contributed by atoms with E-state index in [0.717, 1.165) is 0 Å². The standard InChI is InChI=1S/C6H8N4O/c1-10-5(7)4(3-11)2-9-6(10)8/h2-3,8H,7H2,1H3. The van der Waals surface area contributed by atoms with Crippen molar-refractivity contribution < 1.29 is 4.79 Å². The molecule has 0 aliphatic heterocycles. The van der Waals surface area contributed by atoms with Gasteiger partial charge in [-0.3, -0.25) is 14.8 Å². The number of nitrogens with zero attached hydrogens (tertiary/aromatic N) is 2. The number of aldehydes is 1. The SMILES string of the molecule is Cn1c(N)c(C=O)cnc1=N. The minimum absolute atomic E-state index is 0.0353. The van der Waals surface area contributed by atoms with E-state index < -0.39 is 0 Å². The Morgan fingerprint density at radius 1 is 1.82 bits per heavy atom. The van der Waals surface area contributed by atoms with Crippen LogP contribution in [-0.4, -0.2) is 15.8 Å². The maximum absolute atomic E-state index is 10.3. The molecule has 0 aromatic carbocycles. The maximum atomic E-state index is 10.3. The Balaban J connectivity index is 3.48. The van der Waals surface area contributed by atoms with Gasteiger partial charge in [0, 0.05) is 13.2 Å². The lowest BCUT2D eigenvalue weighted by Crippen LogP contribution is -2.23. The van der Waals surface area contributed by atoms with Crippen LogP contribution in [0.2, 0.25) is 0 Å². The summed E-state index contributed by atoms with van der Waals surface area (Å²) in [4.78, 5) is 13.9. The van der Waals surface area contributed by atoms with E-state index in [0.29, 0.717) is 11.8 Å². The number of aromatic nitrogens is 2. The summed E-state index contributed by atoms with van der Waals surface area (Å²) in [5.41, 5.74) is 5.81. The fourth-order valence-corrected chi connectivity index (χ4v) is 0.682. The monoisotopic (exact) mass is 152 g/mol. The highest BCUT2D eigenvalue weighted by atomic mass is 16.1. The number of hydrogen-bond acceptors (Lipinski definition) is 4. The van der Waals surface area contributed by atoms with Crippen LogP contribution in [-0.2, 0) is 7.05 Å². The van der Waals surface area contributed by atoms with E-state index in [-0.39, 0.29) is 11.4 Å². The van der Waals surface area contributed by atoms with Crippen LogP contribution in [0.1, 0.15) is 10.4 Å². The average molecular weight is 152 g/mol. The topological polar surface area (TPSA) is 84.8 Å². The number of carbonyl (C=O) groups excluding carboxylic acids is 1. The van der Waals surface area contributed by atoms with Gasteiger partial charge in [-0.05, 0) is 0 Å². The molecule has 0 unspecified atom stereocenters. The quantitative estimate of drug-likeness (QED) is 0.521. The number of carbonyl (C=O) groups is 1. The van der Waals surface area contributed by atoms with Gasteiger partial charge < -0.3 is 5.73 Å². The largest absolute Gasteiger partial charge is 0.384 e. The van der Waals surface area contributed by atoms with Crippen LogP contribution in [0.5, 0.6) is 0 Å². The Bertz CT molecular complexity index is 341. The van der Waals surface area contributed by atoms with Crippen molar-refractivity contribution in [1.29, 1.82) is 5.41 Å². The molecule has 0 bridgehead atoms. The van der Waals surface area contributed by atoms with Crippen molar-refractivity contribution in [2.75, 3.05) is 5.73 Å². The molecule has 0 atom stereocenters. The molecule has 5 nitrogen and oxygen atoms in total. The summed E-state index contributed by atoms with van der Waals surface area (Å²) in [6.45, 7) is 0. The summed E-state index contributed by atoms with van der Waals surface area (Å²) in [5.74, 6) is 0.264. The highest BCUT2D eigenvalue weighted by Gasteiger charge is 2.00. The molecule has 0 fully saturated rings. The molecule has 3 N–H and O–H groups in total. The molecule has 0 spiro atoms. The summed E-state index contributed by atoms with van der Waals surface area (Å²) < 4.78 is 1.34. The number of rotatable bonds is 1. The first kappa shape index (κ1) is 7.46. The molecule has 0 radical (unpaired) electrons. The van der Waals surface area contributed by atoms with Crippen molar-refractivity contribution in [3.05, 3.63) is 17.4 Å². The van der Waals surface area contributed by atoms with Crippen LogP contribution in [0, 0.1) is 5.41 Å². The third-order valence-corrected chi connectivity index (χ3v) is 1.43. The summed E-state index contributed by atoms with van der Waals surface area (Å²) in [6.07, 6.45) is 1.90. The Hall–Kier alpha value is -1.65. The Morgan fingerprint density at radius 2 is 2.45 bits per heavy atom. The predicted octanol–water partition coefficient (Wildman–Crippen LogP) is -0.706. The van der Waals surface area contributed by atoms with Crippen molar-refractivity contribution in [3.63, 3.8) is 0 Å². The Kier molecular flexibility index (Phi) is 1.72. The lowest BCUT2D eigenvalue weighted by molar-refractivity contribution is 0.112. The molecular formula is C6H8N4O. The molecule has 0 saturated carbocycles. The Morgan fingerprint density at radius 3 is 3.00 bits per heavy atom. The zero-order chi connectivity index (χ0) is 8.43. The van der Waals surface area contributed by atoms with Crippen LogP contribution >= 0.6 is 0 Å². The van der Waals surface area contributed by atoms with Gasteiger partial charge in [0.15, 0.2) is 6.29 Å². The second kappa shape index (κ2) is 2.53. The van der Waals surface area contributed by atoms with Gasteiger partial charge in [0.2, 0.25) is 5.62 Å². The Labute approximate surface area is 63.0 Å². The van der Waals surface area contributed by atoms with Crippen molar-refractivity contribution in [2.45, 2.75) is 0 Å². The normalized spacial score (nSPS) is 9.55. The first-order chi connectivity index (χ1) is 5.16. The first-order valence-electron chi connectivity index (χ1n) is 2.98. The van der Waals surface area contributed by atoms with E-state index in [4.69, 9.17) is 11.1 Å². The number of nitrogen functional groups attached to an aromatic ring is 1. The molecule has 0 amide bonds. The van der Waals surface area contributed by atoms with Gasteiger partial charge >= 0.3 is 0 Å². The molecule has 0 saturated heterocycles. The van der Waals surface area contributed by atoms with Crippen LogP contribution in [0.4, 0.5) is 5.82 Å². The zero-order valence-electron chi connectivity index (χ0n) is 6.03. The van der Waals surface area contributed by atoms with Crippen LogP contribution in [0.15, 0.2) is 6.20 Å². The van der Waals surface area contributed by atoms with Crippen molar-refractivity contribution in [3.8, 4) is 0 Å². The van der Waals surface area contributed by atoms with Gasteiger partial charge in [0.25, 0.3) is 0 Å². The smallest absolute Gasteiger partial charge is 0.223 e. The van der Waals surface area contributed by atoms with Crippen molar-refractivity contribution in [1.82, 2.24) is 9.55 Å². The van der Waals surface area contributed by atoms with Crippen molar-refractivity contribution >= 4 is 12.1 Å². The maximum Gasteiger partial charge on any atom is 0.223 e. The van der Waals surface area contributed by atoms with Gasteiger partial charge in [-0.15, -0.1) is 0 Å². The van der Waals surface area contributed by atoms with E-state index in [2.05, 4.69) is 4.98 Å². The third-order valence-electron chi connectivity index (χ3n) is 1.43. The van der Waals surface area contributed by atoms with E-state index >= 15 is 0 Å². The first-order valence-corrected chi connectivity index (χ1v) is 2.98. The van der Waals surface area contributed by atoms with E-state index in [1.165, 1.54) is 10.8 Å². The summed E-state index contributed by atoms with van der Waals surface area (Å²) >= 11 is 0. The van der Waals surface area contributed by atoms with Crippen LogP contribution in [0.25, 0.3) is 0 Å². The van der Waals surface area contributed by atoms with Crippen LogP contribution in [0.3, 0.4) is 0 Å². The fourth-order valence-electron chi connectivity index (χ4n) is 0.682. The van der Waals surface area contributed by atoms with E-state index in [1.807, 2.05) is 0 Å². The van der Waals surface area contributed by atoms with Crippen LogP contribution < -0.4 is 11.4 Å². The minimum Gasteiger partial charge on any atom is -0.384 e. The van der Waals surface area contributed by atoms with Gasteiger partial charge in [-0.25, -0.2) is 4.98 Å². The molecule has 5 heteroatoms. The molecule has 1 heterocycles. The molecular weight excluding hydrogens is 144 g/mol. The predicted molar refractivity (Wildman–Crippen MR) is 38.9 cm³/mol. The molecule has 1 rings (SSSR count). The van der Waals surface area contributed by atoms with Crippen molar-refractivity contribution in [2.24, 2.45) is 7.05 Å². The fraction of sp³-hybridized carbons (Fsp3) is 0.167. The number of nitrogens with two attached hydrogens (primary N) is 1. The molecule has 11 heavy (non-hydrogen) atoms. The minimum atomic E-state index is 0.0353. The second-order valence-electron chi connectivity index (χ2n) is 2.10. The van der Waals surface area contributed by atoms with E-state index in [1.54, 1.807) is 7.05 Å². The molecule has 0 aliphatic rings. The molecule has 58 valence electrons. The summed E-state index contributed by atoms with van der Waals surface area (Å²) in [7, 11) is 1.58. The molecule has 1 aromatic heterocycles. The average Bonchev–Trinajstić information content (AvgIpc) is 2.01. The highest BCUT2D eigenvalue weighted by Crippen LogP contribution is 2.00. The molecule has 1 aromatic rings. The lowest BCUT2D eigenvalue weighted by atomic mass is 10.3. The third kappa shape index (κ3) is 1.12. The van der Waals surface area contributed by atoms with Gasteiger partial charge in [0.05, 0.1) is 5.56 Å². The summed E-state index contributed by atoms with van der Waals surface area (Å²) in [6, 6.07) is 0.